The Morgan fingerprint density at radius 2 is 2.18 bits per heavy atom. The molecule has 0 aromatic heterocycles. The highest BCUT2D eigenvalue weighted by Crippen LogP contribution is 2.10. The molecule has 0 spiro atoms. The van der Waals surface area contributed by atoms with Gasteiger partial charge in [0.1, 0.15) is 5.82 Å². The highest BCUT2D eigenvalue weighted by Gasteiger charge is 1.95. The molecule has 2 heteroatoms. The van der Waals surface area contributed by atoms with Crippen LogP contribution in [0.2, 0.25) is 0 Å². The molecular weight excluding hydrogens is 207 g/mol. The fraction of sp³-hybridized carbons (Fsp3) is 0.111. The van der Waals surface area contributed by atoms with Crippen molar-refractivity contribution in [2.24, 2.45) is 0 Å². The topological polar surface area (TPSA) is 0 Å². The van der Waals surface area contributed by atoms with Gasteiger partial charge in [-0.05, 0) is 35.2 Å². The maximum atomic E-state index is 12.9. The van der Waals surface area contributed by atoms with Crippen molar-refractivity contribution in [3.63, 3.8) is 0 Å². The first kappa shape index (κ1) is 8.47. The molecule has 0 saturated carbocycles. The van der Waals surface area contributed by atoms with Crippen molar-refractivity contribution in [1.29, 1.82) is 0 Å². The molecule has 1 rings (SSSR count). The first-order valence-electron chi connectivity index (χ1n) is 3.27. The predicted octanol–water partition coefficient (Wildman–Crippen LogP) is 3.50. The predicted molar refractivity (Wildman–Crippen MR) is 49.1 cm³/mol. The van der Waals surface area contributed by atoms with Crippen LogP contribution in [0.25, 0.3) is 6.08 Å². The van der Waals surface area contributed by atoms with Gasteiger partial charge >= 0.3 is 0 Å². The Kier molecular flexibility index (Phi) is 2.83. The zero-order valence-electron chi connectivity index (χ0n) is 6.14. The minimum Gasteiger partial charge on any atom is -0.207 e. The fourth-order valence-corrected chi connectivity index (χ4v) is 1.09. The number of hydrogen-bond donors (Lipinski definition) is 0. The lowest BCUT2D eigenvalue weighted by Gasteiger charge is -1.96. The van der Waals surface area contributed by atoms with Gasteiger partial charge in [-0.2, -0.15) is 0 Å². The molecule has 0 fully saturated rings. The summed E-state index contributed by atoms with van der Waals surface area (Å²) in [5.41, 5.74) is 1.54. The maximum absolute atomic E-state index is 12.9. The molecule has 0 radical (unpaired) electrons. The van der Waals surface area contributed by atoms with Crippen LogP contribution < -0.4 is 0 Å². The van der Waals surface area contributed by atoms with E-state index in [4.69, 9.17) is 0 Å². The highest BCUT2D eigenvalue weighted by atomic mass is 79.9. The van der Waals surface area contributed by atoms with E-state index in [2.05, 4.69) is 15.9 Å². The van der Waals surface area contributed by atoms with E-state index in [9.17, 15) is 4.39 Å². The molecule has 1 aromatic carbocycles. The molecule has 0 aliphatic carbocycles. The van der Waals surface area contributed by atoms with Gasteiger partial charge in [0.15, 0.2) is 0 Å². The van der Waals surface area contributed by atoms with Crippen molar-refractivity contribution < 1.29 is 4.39 Å². The van der Waals surface area contributed by atoms with Crippen LogP contribution in [0.5, 0.6) is 0 Å². The van der Waals surface area contributed by atoms with Crippen LogP contribution >= 0.6 is 15.9 Å². The van der Waals surface area contributed by atoms with Gasteiger partial charge in [-0.15, -0.1) is 0 Å². The zero-order chi connectivity index (χ0) is 8.27. The Morgan fingerprint density at radius 1 is 1.45 bits per heavy atom. The van der Waals surface area contributed by atoms with Crippen molar-refractivity contribution in [3.05, 3.63) is 40.1 Å². The second kappa shape index (κ2) is 3.67. The van der Waals surface area contributed by atoms with Crippen molar-refractivity contribution in [3.8, 4) is 0 Å². The quantitative estimate of drug-likeness (QED) is 0.672. The molecule has 0 saturated heterocycles. The number of benzene rings is 1. The molecule has 0 aliphatic rings. The van der Waals surface area contributed by atoms with Crippen LogP contribution in [0, 0.1) is 12.7 Å². The number of halogens is 2. The molecule has 0 nitrogen and oxygen atoms in total. The SMILES string of the molecule is Cc1ccc(/C=C/Br)cc1F. The van der Waals surface area contributed by atoms with Crippen LogP contribution in [0.15, 0.2) is 23.2 Å². The normalized spacial score (nSPS) is 10.8. The summed E-state index contributed by atoms with van der Waals surface area (Å²) in [6.45, 7) is 1.75. The maximum Gasteiger partial charge on any atom is 0.126 e. The molecule has 0 bridgehead atoms. The highest BCUT2D eigenvalue weighted by molar-refractivity contribution is 9.11. The van der Waals surface area contributed by atoms with Crippen molar-refractivity contribution >= 4 is 22.0 Å². The Labute approximate surface area is 73.9 Å². The first-order valence-corrected chi connectivity index (χ1v) is 4.18. The summed E-state index contributed by atoms with van der Waals surface area (Å²) in [7, 11) is 0. The summed E-state index contributed by atoms with van der Waals surface area (Å²) in [6.07, 6.45) is 1.79. The molecule has 0 atom stereocenters. The summed E-state index contributed by atoms with van der Waals surface area (Å²) >= 11 is 3.13. The van der Waals surface area contributed by atoms with Gasteiger partial charge in [0.2, 0.25) is 0 Å². The van der Waals surface area contributed by atoms with Crippen LogP contribution in [-0.2, 0) is 0 Å². The van der Waals surface area contributed by atoms with Crippen LogP contribution in [0.3, 0.4) is 0 Å². The zero-order valence-corrected chi connectivity index (χ0v) is 7.73. The molecule has 11 heavy (non-hydrogen) atoms. The summed E-state index contributed by atoms with van der Waals surface area (Å²) in [5.74, 6) is -0.159. The fourth-order valence-electron chi connectivity index (χ4n) is 0.786. The molecule has 0 N–H and O–H groups in total. The monoisotopic (exact) mass is 214 g/mol. The van der Waals surface area contributed by atoms with Gasteiger partial charge in [0.25, 0.3) is 0 Å². The molecule has 0 aliphatic heterocycles. The van der Waals surface area contributed by atoms with E-state index in [1.165, 1.54) is 6.07 Å². The van der Waals surface area contributed by atoms with E-state index in [0.717, 1.165) is 5.56 Å². The summed E-state index contributed by atoms with van der Waals surface area (Å²) in [6, 6.07) is 5.14. The third-order valence-electron chi connectivity index (χ3n) is 1.45. The lowest BCUT2D eigenvalue weighted by molar-refractivity contribution is 0.618. The lowest BCUT2D eigenvalue weighted by atomic mass is 10.1. The summed E-state index contributed by atoms with van der Waals surface area (Å²) < 4.78 is 12.9. The third-order valence-corrected chi connectivity index (χ3v) is 1.72. The van der Waals surface area contributed by atoms with Gasteiger partial charge in [-0.1, -0.05) is 28.1 Å². The van der Waals surface area contributed by atoms with E-state index < -0.39 is 0 Å². The molecule has 0 unspecified atom stereocenters. The number of rotatable bonds is 1. The smallest absolute Gasteiger partial charge is 0.126 e. The second-order valence-corrected chi connectivity index (χ2v) is 2.83. The molecule has 0 amide bonds. The van der Waals surface area contributed by atoms with Gasteiger partial charge in [0, 0.05) is 0 Å². The number of hydrogen-bond acceptors (Lipinski definition) is 0. The molecule has 0 heterocycles. The Bertz CT molecular complexity index is 279. The van der Waals surface area contributed by atoms with Gasteiger partial charge < -0.3 is 0 Å². The van der Waals surface area contributed by atoms with E-state index in [-0.39, 0.29) is 5.82 Å². The Morgan fingerprint density at radius 3 is 2.73 bits per heavy atom. The Balaban J connectivity index is 3.05. The average Bonchev–Trinajstić information content (AvgIpc) is 1.98. The minimum absolute atomic E-state index is 0.159. The van der Waals surface area contributed by atoms with Crippen LogP contribution in [-0.4, -0.2) is 0 Å². The van der Waals surface area contributed by atoms with Crippen LogP contribution in [0.4, 0.5) is 4.39 Å². The minimum atomic E-state index is -0.159. The number of aryl methyl sites for hydroxylation is 1. The third kappa shape index (κ3) is 2.15. The Hall–Kier alpha value is -0.630. The average molecular weight is 215 g/mol. The van der Waals surface area contributed by atoms with Crippen molar-refractivity contribution in [1.82, 2.24) is 0 Å². The first-order chi connectivity index (χ1) is 5.24. The standard InChI is InChI=1S/C9H8BrF/c1-7-2-3-8(4-5-10)6-9(7)11/h2-6H,1H3/b5-4+. The lowest BCUT2D eigenvalue weighted by Crippen LogP contribution is -1.81. The molecular formula is C9H8BrF. The van der Waals surface area contributed by atoms with Crippen LogP contribution in [0.1, 0.15) is 11.1 Å². The van der Waals surface area contributed by atoms with E-state index >= 15 is 0 Å². The molecule has 58 valence electrons. The van der Waals surface area contributed by atoms with Gasteiger partial charge in [0.05, 0.1) is 0 Å². The van der Waals surface area contributed by atoms with Gasteiger partial charge in [-0.25, -0.2) is 4.39 Å². The van der Waals surface area contributed by atoms with E-state index in [1.54, 1.807) is 24.1 Å². The van der Waals surface area contributed by atoms with Crippen molar-refractivity contribution in [2.45, 2.75) is 6.92 Å². The summed E-state index contributed by atoms with van der Waals surface area (Å²) in [5, 5.41) is 0. The van der Waals surface area contributed by atoms with Crippen molar-refractivity contribution in [2.75, 3.05) is 0 Å². The summed E-state index contributed by atoms with van der Waals surface area (Å²) in [4.78, 5) is 1.71. The van der Waals surface area contributed by atoms with E-state index in [1.807, 2.05) is 6.07 Å². The largest absolute Gasteiger partial charge is 0.207 e. The van der Waals surface area contributed by atoms with E-state index in [0.29, 0.717) is 5.56 Å². The second-order valence-electron chi connectivity index (χ2n) is 2.30. The molecule has 1 aromatic rings. The van der Waals surface area contributed by atoms with Gasteiger partial charge in [-0.3, -0.25) is 0 Å².